The van der Waals surface area contributed by atoms with E-state index in [2.05, 4.69) is 25.1 Å². The van der Waals surface area contributed by atoms with Gasteiger partial charge in [0.15, 0.2) is 17.4 Å². The number of esters is 1. The molecule has 2 rings (SSSR count). The Bertz CT molecular complexity index is 945. The van der Waals surface area contributed by atoms with Gasteiger partial charge in [0.2, 0.25) is 0 Å². The lowest BCUT2D eigenvalue weighted by Gasteiger charge is -2.12. The summed E-state index contributed by atoms with van der Waals surface area (Å²) in [7, 11) is 0. The maximum atomic E-state index is 14.0. The second-order valence-corrected chi connectivity index (χ2v) is 5.03. The molecule has 0 aliphatic heterocycles. The summed E-state index contributed by atoms with van der Waals surface area (Å²) in [5, 5.41) is 5.44. The summed E-state index contributed by atoms with van der Waals surface area (Å²) in [5.74, 6) is -5.74. The number of rotatable bonds is 7. The second-order valence-electron chi connectivity index (χ2n) is 5.03. The van der Waals surface area contributed by atoms with Gasteiger partial charge in [-0.15, -0.1) is 0 Å². The van der Waals surface area contributed by atoms with E-state index in [1.54, 1.807) is 6.92 Å². The topological polar surface area (TPSA) is 117 Å². The SMILES string of the molecule is CCOC(=O)CC(=O)c1cc(F)c(N=[N+]=[N-])nc1Nc1ccc(F)cc1F. The Hall–Kier alpha value is -3.59. The Labute approximate surface area is 150 Å². The van der Waals surface area contributed by atoms with Gasteiger partial charge in [0.25, 0.3) is 0 Å². The van der Waals surface area contributed by atoms with Crippen LogP contribution in [0.15, 0.2) is 29.4 Å². The molecule has 0 saturated carbocycles. The molecule has 0 radical (unpaired) electrons. The van der Waals surface area contributed by atoms with E-state index in [9.17, 15) is 22.8 Å². The summed E-state index contributed by atoms with van der Waals surface area (Å²) in [6, 6.07) is 3.26. The van der Waals surface area contributed by atoms with Gasteiger partial charge >= 0.3 is 5.97 Å². The largest absolute Gasteiger partial charge is 0.466 e. The molecule has 0 amide bonds. The van der Waals surface area contributed by atoms with Crippen molar-refractivity contribution in [2.24, 2.45) is 5.11 Å². The molecular weight excluding hydrogens is 367 g/mol. The Morgan fingerprint density at radius 1 is 1.26 bits per heavy atom. The third-order valence-corrected chi connectivity index (χ3v) is 3.19. The number of carbonyl (C=O) groups excluding carboxylic acids is 2. The molecule has 140 valence electrons. The lowest BCUT2D eigenvalue weighted by molar-refractivity contribution is -0.141. The predicted molar refractivity (Wildman–Crippen MR) is 88.2 cm³/mol. The van der Waals surface area contributed by atoms with Gasteiger partial charge in [-0.25, -0.2) is 18.2 Å². The van der Waals surface area contributed by atoms with Crippen molar-refractivity contribution < 1.29 is 27.5 Å². The minimum atomic E-state index is -1.12. The highest BCUT2D eigenvalue weighted by molar-refractivity contribution is 6.09. The zero-order valence-corrected chi connectivity index (χ0v) is 13.9. The number of benzene rings is 1. The van der Waals surface area contributed by atoms with Crippen LogP contribution in [0.2, 0.25) is 0 Å². The van der Waals surface area contributed by atoms with Crippen LogP contribution in [0.3, 0.4) is 0 Å². The Balaban J connectivity index is 2.48. The number of hydrogen-bond acceptors (Lipinski definition) is 6. The van der Waals surface area contributed by atoms with Crippen molar-refractivity contribution in [2.45, 2.75) is 13.3 Å². The molecule has 0 aliphatic rings. The zero-order chi connectivity index (χ0) is 20.0. The van der Waals surface area contributed by atoms with Gasteiger partial charge in [0.05, 0.1) is 17.9 Å². The molecule has 1 heterocycles. The molecule has 0 atom stereocenters. The average Bonchev–Trinajstić information content (AvgIpc) is 2.60. The number of anilines is 2. The minimum Gasteiger partial charge on any atom is -0.466 e. The maximum Gasteiger partial charge on any atom is 0.313 e. The van der Waals surface area contributed by atoms with E-state index in [0.717, 1.165) is 12.1 Å². The van der Waals surface area contributed by atoms with Gasteiger partial charge in [-0.2, -0.15) is 0 Å². The zero-order valence-electron chi connectivity index (χ0n) is 13.9. The van der Waals surface area contributed by atoms with Crippen molar-refractivity contribution >= 4 is 29.1 Å². The van der Waals surface area contributed by atoms with Crippen molar-refractivity contribution in [3.63, 3.8) is 0 Å². The molecule has 27 heavy (non-hydrogen) atoms. The molecule has 0 aliphatic carbocycles. The number of pyridine rings is 1. The number of ketones is 1. The summed E-state index contributed by atoms with van der Waals surface area (Å²) in [6.07, 6.45) is -0.712. The molecule has 11 heteroatoms. The first-order valence-electron chi connectivity index (χ1n) is 7.52. The standard InChI is InChI=1S/C16H12F3N5O3/c1-2-27-14(26)7-13(25)9-6-11(19)16(23-24-20)22-15(9)21-12-4-3-8(17)5-10(12)18/h3-6H,2,7H2,1H3,(H,21,22). The van der Waals surface area contributed by atoms with Gasteiger partial charge in [-0.1, -0.05) is 0 Å². The average molecular weight is 379 g/mol. The fourth-order valence-corrected chi connectivity index (χ4v) is 2.06. The van der Waals surface area contributed by atoms with Gasteiger partial charge < -0.3 is 10.1 Å². The first-order valence-corrected chi connectivity index (χ1v) is 7.52. The molecule has 2 aromatic rings. The van der Waals surface area contributed by atoms with E-state index in [-0.39, 0.29) is 18.1 Å². The van der Waals surface area contributed by atoms with Crippen molar-refractivity contribution in [1.29, 1.82) is 0 Å². The van der Waals surface area contributed by atoms with Crippen LogP contribution in [0.4, 0.5) is 30.5 Å². The first kappa shape index (κ1) is 19.7. The van der Waals surface area contributed by atoms with Gasteiger partial charge in [0.1, 0.15) is 23.9 Å². The van der Waals surface area contributed by atoms with Crippen LogP contribution in [0.1, 0.15) is 23.7 Å². The number of nitrogens with one attached hydrogen (secondary N) is 1. The molecule has 0 saturated heterocycles. The molecule has 0 bridgehead atoms. The number of nitrogens with zero attached hydrogens (tertiary/aromatic N) is 4. The summed E-state index contributed by atoms with van der Waals surface area (Å²) in [5.41, 5.74) is 7.78. The molecule has 1 aromatic heterocycles. The Morgan fingerprint density at radius 2 is 2.00 bits per heavy atom. The van der Waals surface area contributed by atoms with E-state index in [1.807, 2.05) is 0 Å². The smallest absolute Gasteiger partial charge is 0.313 e. The van der Waals surface area contributed by atoms with E-state index in [1.165, 1.54) is 0 Å². The fourth-order valence-electron chi connectivity index (χ4n) is 2.06. The predicted octanol–water partition coefficient (Wildman–Crippen LogP) is 4.32. The van der Waals surface area contributed by atoms with Crippen LogP contribution in [-0.2, 0) is 9.53 Å². The van der Waals surface area contributed by atoms with Crippen LogP contribution in [0.25, 0.3) is 10.4 Å². The van der Waals surface area contributed by atoms with E-state index in [0.29, 0.717) is 12.1 Å². The van der Waals surface area contributed by atoms with E-state index < -0.39 is 47.0 Å². The lowest BCUT2D eigenvalue weighted by atomic mass is 10.1. The number of ether oxygens (including phenoxy) is 1. The Kier molecular flexibility index (Phi) is 6.34. The maximum absolute atomic E-state index is 14.0. The Morgan fingerprint density at radius 3 is 2.63 bits per heavy atom. The number of azide groups is 1. The number of carbonyl (C=O) groups is 2. The van der Waals surface area contributed by atoms with Gasteiger partial charge in [0, 0.05) is 11.0 Å². The molecule has 1 N–H and O–H groups in total. The van der Waals surface area contributed by atoms with Gasteiger partial charge in [-0.05, 0) is 35.8 Å². The highest BCUT2D eigenvalue weighted by Crippen LogP contribution is 2.28. The number of Topliss-reactive ketones (excluding diaryl/α,β-unsaturated/α-hetero) is 1. The quantitative estimate of drug-likeness (QED) is 0.192. The summed E-state index contributed by atoms with van der Waals surface area (Å²) < 4.78 is 45.5. The minimum absolute atomic E-state index is 0.0421. The molecule has 0 fully saturated rings. The highest BCUT2D eigenvalue weighted by Gasteiger charge is 2.21. The molecular formula is C16H12F3N5O3. The third kappa shape index (κ3) is 4.95. The fraction of sp³-hybridized carbons (Fsp3) is 0.188. The van der Waals surface area contributed by atoms with Crippen molar-refractivity contribution in [1.82, 2.24) is 4.98 Å². The summed E-state index contributed by atoms with van der Waals surface area (Å²) in [6.45, 7) is 1.59. The van der Waals surface area contributed by atoms with Crippen LogP contribution in [0.5, 0.6) is 0 Å². The first-order chi connectivity index (χ1) is 12.8. The van der Waals surface area contributed by atoms with Crippen LogP contribution >= 0.6 is 0 Å². The number of halogens is 3. The normalized spacial score (nSPS) is 10.1. The second kappa shape index (κ2) is 8.68. The molecule has 1 aromatic carbocycles. The van der Waals surface area contributed by atoms with Gasteiger partial charge in [-0.3, -0.25) is 9.59 Å². The monoisotopic (exact) mass is 379 g/mol. The van der Waals surface area contributed by atoms with Crippen LogP contribution < -0.4 is 5.32 Å². The molecule has 0 spiro atoms. The highest BCUT2D eigenvalue weighted by atomic mass is 19.1. The molecule has 0 unspecified atom stereocenters. The molecule has 8 nitrogen and oxygen atoms in total. The summed E-state index contributed by atoms with van der Waals surface area (Å²) >= 11 is 0. The van der Waals surface area contributed by atoms with Crippen molar-refractivity contribution in [3.05, 3.63) is 57.7 Å². The summed E-state index contributed by atoms with van der Waals surface area (Å²) in [4.78, 5) is 29.9. The van der Waals surface area contributed by atoms with E-state index >= 15 is 0 Å². The van der Waals surface area contributed by atoms with Crippen LogP contribution in [-0.4, -0.2) is 23.3 Å². The van der Waals surface area contributed by atoms with Crippen molar-refractivity contribution in [3.8, 4) is 0 Å². The lowest BCUT2D eigenvalue weighted by Crippen LogP contribution is -2.14. The third-order valence-electron chi connectivity index (χ3n) is 3.19. The number of hydrogen-bond donors (Lipinski definition) is 1. The van der Waals surface area contributed by atoms with E-state index in [4.69, 9.17) is 5.53 Å². The van der Waals surface area contributed by atoms with Crippen molar-refractivity contribution in [2.75, 3.05) is 11.9 Å². The van der Waals surface area contributed by atoms with Crippen LogP contribution in [0, 0.1) is 17.5 Å². The number of aromatic nitrogens is 1.